The smallest absolute Gasteiger partial charge is 0.287 e. The van der Waals surface area contributed by atoms with Crippen LogP contribution >= 0.6 is 0 Å². The number of hydrogen-bond donors (Lipinski definition) is 2. The molecule has 1 aromatic heterocycles. The number of fused-ring (bicyclic) bond motifs is 2. The predicted molar refractivity (Wildman–Crippen MR) is 120 cm³/mol. The van der Waals surface area contributed by atoms with Crippen LogP contribution in [0.4, 0.5) is 0 Å². The van der Waals surface area contributed by atoms with E-state index in [0.717, 1.165) is 5.69 Å². The van der Waals surface area contributed by atoms with Crippen LogP contribution in [0.15, 0.2) is 45.8 Å². The lowest BCUT2D eigenvalue weighted by atomic mass is 9.87. The predicted octanol–water partition coefficient (Wildman–Crippen LogP) is 1.82. The Kier molecular flexibility index (Phi) is 8.15. The highest BCUT2D eigenvalue weighted by atomic mass is 32.2. The number of benzene rings is 1. The number of hydrogen-bond acceptors (Lipinski definition) is 7. The number of carbonyl (C=O) groups excluding carboxylic acids is 3. The molecule has 2 bridgehead atoms. The Morgan fingerprint density at radius 2 is 1.94 bits per heavy atom. The standard InChI is InChI=1S/C23H29N3O6S/c1-15(2)21(26-33(30,31)19-9-4-3-5-10-19)20(27)13-16-7-6-8-17-14-18(32-25-17)11-12-24-23(29)22(16)28/h3-5,9-10,14-16,21,26H,6-8,11-13H2,1-2H3,(H,24,29). The van der Waals surface area contributed by atoms with Crippen molar-refractivity contribution in [1.29, 1.82) is 0 Å². The highest BCUT2D eigenvalue weighted by molar-refractivity contribution is 7.89. The fraction of sp³-hybridized carbons (Fsp3) is 0.478. The summed E-state index contributed by atoms with van der Waals surface area (Å²) >= 11 is 0. The van der Waals surface area contributed by atoms with E-state index in [4.69, 9.17) is 4.52 Å². The van der Waals surface area contributed by atoms with E-state index in [0.29, 0.717) is 31.4 Å². The summed E-state index contributed by atoms with van der Waals surface area (Å²) in [5.41, 5.74) is 0.755. The molecule has 1 aliphatic rings. The second kappa shape index (κ2) is 10.8. The van der Waals surface area contributed by atoms with Crippen LogP contribution in [0.5, 0.6) is 0 Å². The van der Waals surface area contributed by atoms with Crippen LogP contribution in [0.1, 0.15) is 44.6 Å². The molecule has 0 radical (unpaired) electrons. The summed E-state index contributed by atoms with van der Waals surface area (Å²) in [6.45, 7) is 3.67. The summed E-state index contributed by atoms with van der Waals surface area (Å²) in [6, 6.07) is 8.58. The van der Waals surface area contributed by atoms with Gasteiger partial charge in [0, 0.05) is 31.4 Å². The largest absolute Gasteiger partial charge is 0.361 e. The molecule has 1 amide bonds. The van der Waals surface area contributed by atoms with Crippen molar-refractivity contribution in [3.8, 4) is 0 Å². The van der Waals surface area contributed by atoms with E-state index in [1.54, 1.807) is 32.0 Å². The highest BCUT2D eigenvalue weighted by Gasteiger charge is 2.33. The summed E-state index contributed by atoms with van der Waals surface area (Å²) in [6.07, 6.45) is 1.57. The molecule has 1 aromatic carbocycles. The van der Waals surface area contributed by atoms with Crippen molar-refractivity contribution in [2.24, 2.45) is 11.8 Å². The molecule has 0 spiro atoms. The molecule has 2 atom stereocenters. The third kappa shape index (κ3) is 6.58. The van der Waals surface area contributed by atoms with E-state index in [-0.39, 0.29) is 23.8 Å². The number of rotatable bonds is 7. The van der Waals surface area contributed by atoms with Crippen LogP contribution in [-0.2, 0) is 37.2 Å². The maximum absolute atomic E-state index is 13.2. The SMILES string of the molecule is CC(C)C(NS(=O)(=O)c1ccccc1)C(=O)CC1CCCc2cc(on2)CCNC(=O)C1=O. The first-order valence-electron chi connectivity index (χ1n) is 11.0. The second-order valence-electron chi connectivity index (χ2n) is 8.57. The van der Waals surface area contributed by atoms with Gasteiger partial charge in [-0.05, 0) is 37.3 Å². The van der Waals surface area contributed by atoms with Crippen LogP contribution < -0.4 is 10.0 Å². The number of amides is 1. The Balaban J connectivity index is 1.75. The Bertz CT molecular complexity index is 1090. The number of nitrogens with one attached hydrogen (secondary N) is 2. The van der Waals surface area contributed by atoms with Gasteiger partial charge in [-0.2, -0.15) is 0 Å². The van der Waals surface area contributed by atoms with E-state index in [9.17, 15) is 22.8 Å². The van der Waals surface area contributed by atoms with Gasteiger partial charge < -0.3 is 9.84 Å². The Labute approximate surface area is 193 Å². The van der Waals surface area contributed by atoms with Gasteiger partial charge in [0.15, 0.2) is 5.78 Å². The van der Waals surface area contributed by atoms with Crippen molar-refractivity contribution < 1.29 is 27.3 Å². The molecule has 3 rings (SSSR count). The lowest BCUT2D eigenvalue weighted by molar-refractivity contribution is -0.141. The van der Waals surface area contributed by atoms with Crippen molar-refractivity contribution in [3.63, 3.8) is 0 Å². The monoisotopic (exact) mass is 475 g/mol. The van der Waals surface area contributed by atoms with Gasteiger partial charge in [-0.15, -0.1) is 0 Å². The summed E-state index contributed by atoms with van der Waals surface area (Å²) in [7, 11) is -3.92. The van der Waals surface area contributed by atoms with E-state index >= 15 is 0 Å². The Morgan fingerprint density at radius 1 is 1.21 bits per heavy atom. The second-order valence-corrected chi connectivity index (χ2v) is 10.3. The zero-order chi connectivity index (χ0) is 24.0. The zero-order valence-corrected chi connectivity index (χ0v) is 19.6. The number of carbonyl (C=O) groups is 3. The lowest BCUT2D eigenvalue weighted by Gasteiger charge is -2.23. The van der Waals surface area contributed by atoms with Crippen molar-refractivity contribution in [2.45, 2.75) is 56.9 Å². The highest BCUT2D eigenvalue weighted by Crippen LogP contribution is 2.21. The minimum atomic E-state index is -3.92. The molecule has 2 N–H and O–H groups in total. The molecule has 0 saturated carbocycles. The molecule has 10 heteroatoms. The molecule has 9 nitrogen and oxygen atoms in total. The van der Waals surface area contributed by atoms with Gasteiger partial charge in [0.1, 0.15) is 5.76 Å². The van der Waals surface area contributed by atoms with Gasteiger partial charge in [-0.25, -0.2) is 13.1 Å². The molecular formula is C23H29N3O6S. The van der Waals surface area contributed by atoms with Gasteiger partial charge >= 0.3 is 0 Å². The minimum Gasteiger partial charge on any atom is -0.361 e. The summed E-state index contributed by atoms with van der Waals surface area (Å²) < 4.78 is 33.2. The van der Waals surface area contributed by atoms with Crippen LogP contribution in [0, 0.1) is 11.8 Å². The van der Waals surface area contributed by atoms with Gasteiger partial charge in [0.2, 0.25) is 15.8 Å². The third-order valence-electron chi connectivity index (χ3n) is 5.64. The first kappa shape index (κ1) is 24.8. The number of aromatic nitrogens is 1. The van der Waals surface area contributed by atoms with Crippen molar-refractivity contribution >= 4 is 27.5 Å². The average Bonchev–Trinajstić information content (AvgIpc) is 3.23. The summed E-state index contributed by atoms with van der Waals surface area (Å²) in [5.74, 6) is -2.40. The van der Waals surface area contributed by atoms with Gasteiger partial charge in [-0.3, -0.25) is 14.4 Å². The van der Waals surface area contributed by atoms with E-state index < -0.39 is 39.5 Å². The van der Waals surface area contributed by atoms with Crippen LogP contribution in [0.3, 0.4) is 0 Å². The van der Waals surface area contributed by atoms with Gasteiger partial charge in [-0.1, -0.05) is 37.2 Å². The number of ketones is 2. The molecule has 2 unspecified atom stereocenters. The minimum absolute atomic E-state index is 0.0527. The fourth-order valence-corrected chi connectivity index (χ4v) is 5.19. The Morgan fingerprint density at radius 3 is 2.64 bits per heavy atom. The molecule has 0 saturated heterocycles. The van der Waals surface area contributed by atoms with Crippen LogP contribution in [0.25, 0.3) is 0 Å². The Hall–Kier alpha value is -2.85. The number of sulfonamides is 1. The topological polar surface area (TPSA) is 135 Å². The third-order valence-corrected chi connectivity index (χ3v) is 7.10. The first-order chi connectivity index (χ1) is 15.7. The van der Waals surface area contributed by atoms with Crippen molar-refractivity contribution in [3.05, 3.63) is 47.9 Å². The normalized spacial score (nSPS) is 18.8. The molecule has 2 aromatic rings. The number of nitrogens with zero attached hydrogens (tertiary/aromatic N) is 1. The molecule has 178 valence electrons. The molecule has 33 heavy (non-hydrogen) atoms. The van der Waals surface area contributed by atoms with E-state index in [1.807, 2.05) is 6.07 Å². The number of Topliss-reactive ketones (excluding diaryl/α,β-unsaturated/α-hetero) is 2. The van der Waals surface area contributed by atoms with Gasteiger partial charge in [0.25, 0.3) is 5.91 Å². The van der Waals surface area contributed by atoms with Crippen LogP contribution in [-0.4, -0.2) is 43.6 Å². The zero-order valence-electron chi connectivity index (χ0n) is 18.7. The van der Waals surface area contributed by atoms with E-state index in [1.165, 1.54) is 12.1 Å². The first-order valence-corrected chi connectivity index (χ1v) is 12.5. The number of aryl methyl sites for hydroxylation is 1. The molecule has 0 fully saturated rings. The molecule has 1 aliphatic heterocycles. The fourth-order valence-electron chi connectivity index (χ4n) is 3.80. The van der Waals surface area contributed by atoms with Gasteiger partial charge in [0.05, 0.1) is 16.6 Å². The van der Waals surface area contributed by atoms with Crippen molar-refractivity contribution in [2.75, 3.05) is 6.54 Å². The van der Waals surface area contributed by atoms with E-state index in [2.05, 4.69) is 15.2 Å². The average molecular weight is 476 g/mol. The summed E-state index contributed by atoms with van der Waals surface area (Å²) in [4.78, 5) is 38.4. The maximum Gasteiger partial charge on any atom is 0.287 e. The molecular weight excluding hydrogens is 446 g/mol. The molecule has 2 heterocycles. The quantitative estimate of drug-likeness (QED) is 0.583. The lowest BCUT2D eigenvalue weighted by Crippen LogP contribution is -2.46. The summed E-state index contributed by atoms with van der Waals surface area (Å²) in [5, 5.41) is 6.55. The maximum atomic E-state index is 13.2. The molecule has 0 aliphatic carbocycles. The van der Waals surface area contributed by atoms with Crippen molar-refractivity contribution in [1.82, 2.24) is 15.2 Å². The van der Waals surface area contributed by atoms with Crippen LogP contribution in [0.2, 0.25) is 0 Å².